The molecule has 1 aromatic carbocycles. The van der Waals surface area contributed by atoms with E-state index in [9.17, 15) is 0 Å². The van der Waals surface area contributed by atoms with Crippen LogP contribution in [0.5, 0.6) is 0 Å². The zero-order valence-corrected chi connectivity index (χ0v) is 19.1. The van der Waals surface area contributed by atoms with Gasteiger partial charge in [-0.3, -0.25) is 9.89 Å². The molecule has 1 atom stereocenters. The van der Waals surface area contributed by atoms with E-state index in [1.165, 1.54) is 31.5 Å². The van der Waals surface area contributed by atoms with E-state index in [2.05, 4.69) is 48.3 Å². The van der Waals surface area contributed by atoms with Gasteiger partial charge in [0.15, 0.2) is 5.96 Å². The van der Waals surface area contributed by atoms with Crippen LogP contribution in [-0.4, -0.2) is 49.2 Å². The third-order valence-electron chi connectivity index (χ3n) is 6.11. The van der Waals surface area contributed by atoms with Crippen LogP contribution in [-0.2, 0) is 4.74 Å². The molecule has 152 valence electrons. The van der Waals surface area contributed by atoms with Crippen molar-refractivity contribution < 1.29 is 4.74 Å². The van der Waals surface area contributed by atoms with Gasteiger partial charge in [-0.2, -0.15) is 0 Å². The second-order valence-electron chi connectivity index (χ2n) is 7.79. The van der Waals surface area contributed by atoms with Crippen LogP contribution < -0.4 is 11.1 Å². The first-order chi connectivity index (χ1) is 12.6. The first-order valence-electron chi connectivity index (χ1n) is 10.1. The molecule has 2 saturated heterocycles. The number of likely N-dealkylation sites (tertiary alicyclic amines) is 1. The molecule has 0 bridgehead atoms. The second-order valence-corrected chi connectivity index (χ2v) is 7.79. The summed E-state index contributed by atoms with van der Waals surface area (Å²) in [6, 6.07) is 8.53. The molecule has 2 fully saturated rings. The quantitative estimate of drug-likeness (QED) is 0.360. The van der Waals surface area contributed by atoms with Gasteiger partial charge in [0.25, 0.3) is 0 Å². The molecule has 0 saturated carbocycles. The van der Waals surface area contributed by atoms with Gasteiger partial charge in [0.05, 0.1) is 6.54 Å². The molecule has 3 N–H and O–H groups in total. The minimum Gasteiger partial charge on any atom is -0.381 e. The van der Waals surface area contributed by atoms with Crippen molar-refractivity contribution in [2.24, 2.45) is 10.7 Å². The number of guanidine groups is 1. The molecule has 0 spiro atoms. The number of hydrogen-bond donors (Lipinski definition) is 2. The maximum absolute atomic E-state index is 6.19. The number of nitrogens with zero attached hydrogens (tertiary/aromatic N) is 2. The van der Waals surface area contributed by atoms with Crippen LogP contribution in [0.25, 0.3) is 0 Å². The summed E-state index contributed by atoms with van der Waals surface area (Å²) in [5.41, 5.74) is 8.69. The van der Waals surface area contributed by atoms with Gasteiger partial charge in [-0.05, 0) is 68.8 Å². The van der Waals surface area contributed by atoms with Crippen LogP contribution in [0.3, 0.4) is 0 Å². The Hall–Kier alpha value is -0.860. The second kappa shape index (κ2) is 10.6. The summed E-state index contributed by atoms with van der Waals surface area (Å²) in [6.07, 6.45) is 5.84. The standard InChI is InChI=1S/C21H34N4O.HI/c1-3-17(2)18-6-8-19(9-7-18)24-20(22)23-16-21(10-14-26-15-11-21)25-12-4-5-13-25;/h6-9,17H,3-5,10-16H2,1-2H3,(H3,22,23,24);1H. The third-order valence-corrected chi connectivity index (χ3v) is 6.11. The lowest BCUT2D eigenvalue weighted by Crippen LogP contribution is -2.53. The van der Waals surface area contributed by atoms with E-state index < -0.39 is 0 Å². The summed E-state index contributed by atoms with van der Waals surface area (Å²) in [6.45, 7) is 9.24. The normalized spacial score (nSPS) is 21.5. The van der Waals surface area contributed by atoms with Crippen molar-refractivity contribution >= 4 is 35.6 Å². The number of ether oxygens (including phenoxy) is 1. The van der Waals surface area contributed by atoms with Crippen LogP contribution in [0, 0.1) is 0 Å². The molecule has 0 amide bonds. The fraction of sp³-hybridized carbons (Fsp3) is 0.667. The van der Waals surface area contributed by atoms with Crippen LogP contribution in [0.2, 0.25) is 0 Å². The SMILES string of the molecule is CCC(C)c1ccc(NC(N)=NCC2(N3CCCC3)CCOCC2)cc1.I. The molecule has 6 heteroatoms. The van der Waals surface area contributed by atoms with Gasteiger partial charge in [0, 0.05) is 24.4 Å². The lowest BCUT2D eigenvalue weighted by molar-refractivity contribution is -0.0138. The first-order valence-corrected chi connectivity index (χ1v) is 10.1. The van der Waals surface area contributed by atoms with E-state index in [4.69, 9.17) is 15.5 Å². The number of hydrogen-bond acceptors (Lipinski definition) is 3. The lowest BCUT2D eigenvalue weighted by atomic mass is 9.88. The Morgan fingerprint density at radius 2 is 1.85 bits per heavy atom. The first kappa shape index (κ1) is 22.4. The Bertz CT molecular complexity index is 593. The maximum Gasteiger partial charge on any atom is 0.193 e. The largest absolute Gasteiger partial charge is 0.381 e. The number of nitrogens with two attached hydrogens (primary N) is 1. The van der Waals surface area contributed by atoms with Gasteiger partial charge in [0.2, 0.25) is 0 Å². The van der Waals surface area contributed by atoms with E-state index in [0.29, 0.717) is 11.9 Å². The highest BCUT2D eigenvalue weighted by molar-refractivity contribution is 14.0. The highest BCUT2D eigenvalue weighted by Crippen LogP contribution is 2.31. The average Bonchev–Trinajstić information content (AvgIpc) is 3.23. The van der Waals surface area contributed by atoms with E-state index in [-0.39, 0.29) is 29.5 Å². The molecule has 0 aromatic heterocycles. The summed E-state index contributed by atoms with van der Waals surface area (Å²) >= 11 is 0. The van der Waals surface area contributed by atoms with E-state index in [1.807, 2.05) is 0 Å². The van der Waals surface area contributed by atoms with E-state index in [1.54, 1.807) is 0 Å². The summed E-state index contributed by atoms with van der Waals surface area (Å²) in [4.78, 5) is 7.34. The minimum atomic E-state index is 0. The number of halogens is 1. The minimum absolute atomic E-state index is 0. The Labute approximate surface area is 181 Å². The highest BCUT2D eigenvalue weighted by Gasteiger charge is 2.39. The number of rotatable bonds is 6. The third kappa shape index (κ3) is 5.81. The lowest BCUT2D eigenvalue weighted by Gasteiger charge is -2.43. The number of anilines is 1. The number of aliphatic imine (C=N–C) groups is 1. The van der Waals surface area contributed by atoms with E-state index >= 15 is 0 Å². The molecule has 0 aliphatic carbocycles. The zero-order chi connectivity index (χ0) is 18.4. The van der Waals surface area contributed by atoms with Gasteiger partial charge in [-0.1, -0.05) is 26.0 Å². The molecular formula is C21H35IN4O. The highest BCUT2D eigenvalue weighted by atomic mass is 127. The number of benzene rings is 1. The maximum atomic E-state index is 6.19. The summed E-state index contributed by atoms with van der Waals surface area (Å²) in [5.74, 6) is 1.09. The fourth-order valence-corrected chi connectivity index (χ4v) is 4.07. The van der Waals surface area contributed by atoms with Crippen molar-refractivity contribution in [3.05, 3.63) is 29.8 Å². The predicted molar refractivity (Wildman–Crippen MR) is 124 cm³/mol. The Kier molecular flexibility index (Phi) is 8.82. The molecule has 5 nitrogen and oxygen atoms in total. The van der Waals surface area contributed by atoms with Crippen LogP contribution in [0.1, 0.15) is 57.4 Å². The molecule has 2 heterocycles. The monoisotopic (exact) mass is 486 g/mol. The van der Waals surface area contributed by atoms with Crippen LogP contribution >= 0.6 is 24.0 Å². The smallest absolute Gasteiger partial charge is 0.193 e. The van der Waals surface area contributed by atoms with Gasteiger partial charge < -0.3 is 15.8 Å². The van der Waals surface area contributed by atoms with Gasteiger partial charge >= 0.3 is 0 Å². The van der Waals surface area contributed by atoms with Gasteiger partial charge in [0.1, 0.15) is 0 Å². The van der Waals surface area contributed by atoms with Gasteiger partial charge in [-0.15, -0.1) is 24.0 Å². The molecular weight excluding hydrogens is 451 g/mol. The van der Waals surface area contributed by atoms with Crippen molar-refractivity contribution in [3.63, 3.8) is 0 Å². The summed E-state index contributed by atoms with van der Waals surface area (Å²) < 4.78 is 5.60. The molecule has 27 heavy (non-hydrogen) atoms. The Morgan fingerprint density at radius 3 is 2.44 bits per heavy atom. The average molecular weight is 486 g/mol. The van der Waals surface area contributed by atoms with Crippen molar-refractivity contribution in [1.29, 1.82) is 0 Å². The number of nitrogens with one attached hydrogen (secondary N) is 1. The van der Waals surface area contributed by atoms with Crippen molar-refractivity contribution in [3.8, 4) is 0 Å². The molecule has 2 aliphatic heterocycles. The van der Waals surface area contributed by atoms with E-state index in [0.717, 1.165) is 44.7 Å². The summed E-state index contributed by atoms with van der Waals surface area (Å²) in [7, 11) is 0. The summed E-state index contributed by atoms with van der Waals surface area (Å²) in [5, 5.41) is 3.25. The molecule has 1 aromatic rings. The zero-order valence-electron chi connectivity index (χ0n) is 16.7. The van der Waals surface area contributed by atoms with Crippen molar-refractivity contribution in [2.45, 2.75) is 57.4 Å². The fourth-order valence-electron chi connectivity index (χ4n) is 4.07. The van der Waals surface area contributed by atoms with Crippen molar-refractivity contribution in [1.82, 2.24) is 4.90 Å². The van der Waals surface area contributed by atoms with Crippen molar-refractivity contribution in [2.75, 3.05) is 38.2 Å². The molecule has 2 aliphatic rings. The Morgan fingerprint density at radius 1 is 1.22 bits per heavy atom. The van der Waals surface area contributed by atoms with Gasteiger partial charge in [-0.25, -0.2) is 0 Å². The van der Waals surface area contributed by atoms with Crippen LogP contribution in [0.4, 0.5) is 5.69 Å². The molecule has 3 rings (SSSR count). The predicted octanol–water partition coefficient (Wildman–Crippen LogP) is 4.19. The molecule has 0 radical (unpaired) electrons. The topological polar surface area (TPSA) is 62.9 Å². The molecule has 1 unspecified atom stereocenters. The Balaban J connectivity index is 0.00000261. The van der Waals surface area contributed by atoms with Crippen LogP contribution in [0.15, 0.2) is 29.3 Å².